The topological polar surface area (TPSA) is 63.6 Å². The van der Waals surface area contributed by atoms with Crippen LogP contribution in [0.25, 0.3) is 11.1 Å². The predicted molar refractivity (Wildman–Crippen MR) is 70.8 cm³/mol. The van der Waals surface area contributed by atoms with Gasteiger partial charge in [0.05, 0.1) is 6.61 Å². The summed E-state index contributed by atoms with van der Waals surface area (Å²) in [6.45, 7) is 0.380. The van der Waals surface area contributed by atoms with Crippen molar-refractivity contribution in [3.63, 3.8) is 0 Å². The molecule has 1 heterocycles. The van der Waals surface area contributed by atoms with E-state index < -0.39 is 10.1 Å². The van der Waals surface area contributed by atoms with Gasteiger partial charge in [0.25, 0.3) is 10.1 Å². The van der Waals surface area contributed by atoms with Gasteiger partial charge in [0.2, 0.25) is 0 Å². The maximum absolute atomic E-state index is 12.9. The molecular weight excluding hydrogens is 283 g/mol. The number of ether oxygens (including phenoxy) is 1. The van der Waals surface area contributed by atoms with Crippen LogP contribution >= 0.6 is 0 Å². The molecule has 6 heteroatoms. The average molecular weight is 294 g/mol. The first kappa shape index (κ1) is 13.1. The third kappa shape index (κ3) is 2.28. The van der Waals surface area contributed by atoms with E-state index in [2.05, 4.69) is 0 Å². The molecule has 104 valence electrons. The van der Waals surface area contributed by atoms with Crippen molar-refractivity contribution in [1.82, 2.24) is 0 Å². The molecule has 0 aliphatic carbocycles. The van der Waals surface area contributed by atoms with Gasteiger partial charge in [-0.1, -0.05) is 12.1 Å². The smallest absolute Gasteiger partial charge is 0.298 e. The Morgan fingerprint density at radius 1 is 1.10 bits per heavy atom. The number of hydrogen-bond acceptors (Lipinski definition) is 3. The largest absolute Gasteiger partial charge is 0.491 e. The predicted octanol–water partition coefficient (Wildman–Crippen LogP) is 2.67. The molecular formula is C14H11FO4S. The van der Waals surface area contributed by atoms with Gasteiger partial charge in [0.15, 0.2) is 0 Å². The molecule has 0 unspecified atom stereocenters. The lowest BCUT2D eigenvalue weighted by Crippen LogP contribution is -2.01. The van der Waals surface area contributed by atoms with Gasteiger partial charge in [0, 0.05) is 6.42 Å². The third-order valence-electron chi connectivity index (χ3n) is 3.21. The molecule has 0 aromatic heterocycles. The molecule has 0 bridgehead atoms. The molecule has 4 nitrogen and oxygen atoms in total. The summed E-state index contributed by atoms with van der Waals surface area (Å²) in [6.07, 6.45) is 0.576. The molecule has 0 spiro atoms. The normalized spacial score (nSPS) is 13.9. The highest BCUT2D eigenvalue weighted by Crippen LogP contribution is 2.37. The molecule has 0 fully saturated rings. The zero-order valence-corrected chi connectivity index (χ0v) is 11.2. The highest BCUT2D eigenvalue weighted by molar-refractivity contribution is 7.86. The first-order valence-corrected chi connectivity index (χ1v) is 7.42. The molecule has 2 aromatic carbocycles. The Morgan fingerprint density at radius 2 is 1.80 bits per heavy atom. The van der Waals surface area contributed by atoms with Crippen molar-refractivity contribution in [2.75, 3.05) is 6.61 Å². The number of rotatable bonds is 2. The maximum Gasteiger partial charge on any atom is 0.298 e. The fourth-order valence-corrected chi connectivity index (χ4v) is 2.97. The van der Waals surface area contributed by atoms with Gasteiger partial charge in [-0.15, -0.1) is 0 Å². The molecule has 1 N–H and O–H groups in total. The lowest BCUT2D eigenvalue weighted by Gasteiger charge is -2.09. The van der Waals surface area contributed by atoms with Gasteiger partial charge < -0.3 is 4.74 Å². The summed E-state index contributed by atoms with van der Waals surface area (Å²) in [5, 5.41) is 0. The second kappa shape index (κ2) is 4.57. The van der Waals surface area contributed by atoms with Crippen LogP contribution < -0.4 is 4.74 Å². The number of halogens is 1. The Bertz CT molecular complexity index is 767. The lowest BCUT2D eigenvalue weighted by molar-refractivity contribution is 0.346. The Hall–Kier alpha value is -1.92. The molecule has 0 atom stereocenters. The Kier molecular flexibility index (Phi) is 2.99. The summed E-state index contributed by atoms with van der Waals surface area (Å²) in [5.74, 6) is -0.161. The maximum atomic E-state index is 12.9. The van der Waals surface area contributed by atoms with Crippen LogP contribution in [0, 0.1) is 5.82 Å². The summed E-state index contributed by atoms with van der Waals surface area (Å²) in [4.78, 5) is -0.244. The van der Waals surface area contributed by atoms with E-state index in [4.69, 9.17) is 4.74 Å². The van der Waals surface area contributed by atoms with Crippen LogP contribution in [-0.2, 0) is 16.5 Å². The van der Waals surface area contributed by atoms with E-state index in [1.165, 1.54) is 18.2 Å². The SMILES string of the molecule is O=S(=O)(O)c1cc(-c2ccc(F)cc2)cc2c1OCC2. The van der Waals surface area contributed by atoms with Gasteiger partial charge in [-0.2, -0.15) is 8.42 Å². The summed E-state index contributed by atoms with van der Waals surface area (Å²) in [6, 6.07) is 8.84. The quantitative estimate of drug-likeness (QED) is 0.865. The molecule has 20 heavy (non-hydrogen) atoms. The van der Waals surface area contributed by atoms with Crippen LogP contribution in [0.5, 0.6) is 5.75 Å². The van der Waals surface area contributed by atoms with E-state index in [0.717, 1.165) is 5.56 Å². The summed E-state index contributed by atoms with van der Waals surface area (Å²) >= 11 is 0. The Balaban J connectivity index is 2.21. The Morgan fingerprint density at radius 3 is 2.45 bits per heavy atom. The highest BCUT2D eigenvalue weighted by Gasteiger charge is 2.25. The van der Waals surface area contributed by atoms with Crippen LogP contribution in [0.3, 0.4) is 0 Å². The van der Waals surface area contributed by atoms with Crippen molar-refractivity contribution in [3.05, 3.63) is 47.8 Å². The molecule has 0 radical (unpaired) electrons. The minimum atomic E-state index is -4.37. The van der Waals surface area contributed by atoms with Gasteiger partial charge in [-0.05, 0) is 41.0 Å². The molecule has 1 aliphatic heterocycles. The van der Waals surface area contributed by atoms with Gasteiger partial charge in [-0.3, -0.25) is 4.55 Å². The van der Waals surface area contributed by atoms with Crippen LogP contribution in [0.15, 0.2) is 41.3 Å². The van der Waals surface area contributed by atoms with E-state index in [0.29, 0.717) is 24.2 Å². The van der Waals surface area contributed by atoms with Crippen molar-refractivity contribution in [3.8, 4) is 16.9 Å². The molecule has 1 aliphatic rings. The first-order chi connectivity index (χ1) is 9.45. The molecule has 0 saturated heterocycles. The van der Waals surface area contributed by atoms with Crippen LogP contribution in [0.1, 0.15) is 5.56 Å². The lowest BCUT2D eigenvalue weighted by atomic mass is 10.0. The minimum Gasteiger partial charge on any atom is -0.491 e. The van der Waals surface area contributed by atoms with E-state index in [9.17, 15) is 17.4 Å². The van der Waals surface area contributed by atoms with Crippen LogP contribution in [-0.4, -0.2) is 19.6 Å². The van der Waals surface area contributed by atoms with Gasteiger partial charge in [0.1, 0.15) is 16.5 Å². The summed E-state index contributed by atoms with van der Waals surface area (Å²) in [7, 11) is -4.37. The molecule has 0 saturated carbocycles. The summed E-state index contributed by atoms with van der Waals surface area (Å²) in [5.41, 5.74) is 1.99. The Labute approximate surface area is 115 Å². The summed E-state index contributed by atoms with van der Waals surface area (Å²) < 4.78 is 50.4. The number of hydrogen-bond donors (Lipinski definition) is 1. The van der Waals surface area contributed by atoms with E-state index in [-0.39, 0.29) is 16.5 Å². The van der Waals surface area contributed by atoms with Crippen molar-refractivity contribution >= 4 is 10.1 Å². The monoisotopic (exact) mass is 294 g/mol. The molecule has 2 aromatic rings. The van der Waals surface area contributed by atoms with E-state index in [1.54, 1.807) is 18.2 Å². The number of fused-ring (bicyclic) bond motifs is 1. The molecule has 3 rings (SSSR count). The highest BCUT2D eigenvalue weighted by atomic mass is 32.2. The van der Waals surface area contributed by atoms with E-state index in [1.807, 2.05) is 0 Å². The van der Waals surface area contributed by atoms with Gasteiger partial charge >= 0.3 is 0 Å². The van der Waals surface area contributed by atoms with Crippen molar-refractivity contribution in [1.29, 1.82) is 0 Å². The second-order valence-corrected chi connectivity index (χ2v) is 5.93. The minimum absolute atomic E-state index is 0.207. The van der Waals surface area contributed by atoms with Crippen LogP contribution in [0.2, 0.25) is 0 Å². The molecule has 0 amide bonds. The fraction of sp³-hybridized carbons (Fsp3) is 0.143. The second-order valence-electron chi connectivity index (χ2n) is 4.54. The van der Waals surface area contributed by atoms with Gasteiger partial charge in [-0.25, -0.2) is 4.39 Å². The zero-order chi connectivity index (χ0) is 14.3. The van der Waals surface area contributed by atoms with Crippen molar-refractivity contribution in [2.24, 2.45) is 0 Å². The third-order valence-corrected chi connectivity index (χ3v) is 4.06. The zero-order valence-electron chi connectivity index (χ0n) is 10.3. The number of benzene rings is 2. The van der Waals surface area contributed by atoms with Crippen LogP contribution in [0.4, 0.5) is 4.39 Å². The van der Waals surface area contributed by atoms with Crippen molar-refractivity contribution in [2.45, 2.75) is 11.3 Å². The fourth-order valence-electron chi connectivity index (χ4n) is 2.27. The average Bonchev–Trinajstić information content (AvgIpc) is 2.85. The van der Waals surface area contributed by atoms with E-state index >= 15 is 0 Å². The van der Waals surface area contributed by atoms with Crippen molar-refractivity contribution < 1.29 is 22.1 Å². The first-order valence-electron chi connectivity index (χ1n) is 5.98. The standard InChI is InChI=1S/C14H11FO4S/c15-12-3-1-9(2-4-12)11-7-10-5-6-19-14(10)13(8-11)20(16,17)18/h1-4,7-8H,5-6H2,(H,16,17,18).